The van der Waals surface area contributed by atoms with Gasteiger partial charge in [0, 0.05) is 25.6 Å². The SMILES string of the molecule is Cn1nnc(-c2cc(F)c(S(C)(=O)=O)cn2)c1OC(N)=O. The topological polar surface area (TPSA) is 130 Å². The summed E-state index contributed by atoms with van der Waals surface area (Å²) in [7, 11) is -2.31. The second-order valence-corrected chi connectivity index (χ2v) is 6.04. The number of carbonyl (C=O) groups excluding carboxylic acids is 1. The van der Waals surface area contributed by atoms with E-state index in [0.29, 0.717) is 0 Å². The lowest BCUT2D eigenvalue weighted by molar-refractivity contribution is 0.207. The Hall–Kier alpha value is -2.56. The maximum atomic E-state index is 13.8. The third-order valence-corrected chi connectivity index (χ3v) is 3.53. The molecule has 0 bridgehead atoms. The van der Waals surface area contributed by atoms with E-state index >= 15 is 0 Å². The molecular weight excluding hydrogens is 305 g/mol. The first kappa shape index (κ1) is 14.8. The molecule has 2 N–H and O–H groups in total. The normalized spacial score (nSPS) is 11.4. The first-order chi connectivity index (χ1) is 9.70. The summed E-state index contributed by atoms with van der Waals surface area (Å²) < 4.78 is 42.3. The third-order valence-electron chi connectivity index (χ3n) is 2.43. The predicted molar refractivity (Wildman–Crippen MR) is 67.5 cm³/mol. The van der Waals surface area contributed by atoms with E-state index < -0.39 is 26.6 Å². The highest BCUT2D eigenvalue weighted by atomic mass is 32.2. The van der Waals surface area contributed by atoms with Crippen molar-refractivity contribution in [3.8, 4) is 17.3 Å². The Labute approximate surface area is 118 Å². The van der Waals surface area contributed by atoms with Crippen LogP contribution in [0.15, 0.2) is 17.2 Å². The molecule has 0 spiro atoms. The Balaban J connectivity index is 2.54. The number of primary amides is 1. The number of hydrogen-bond donors (Lipinski definition) is 1. The van der Waals surface area contributed by atoms with Crippen LogP contribution in [-0.2, 0) is 16.9 Å². The average Bonchev–Trinajstić information content (AvgIpc) is 2.68. The maximum Gasteiger partial charge on any atom is 0.411 e. The number of carbonyl (C=O) groups is 1. The molecule has 0 radical (unpaired) electrons. The third kappa shape index (κ3) is 2.97. The summed E-state index contributed by atoms with van der Waals surface area (Å²) in [6.07, 6.45) is 0.606. The molecule has 11 heteroatoms. The van der Waals surface area contributed by atoms with Crippen molar-refractivity contribution < 1.29 is 22.3 Å². The molecule has 0 fully saturated rings. The van der Waals surface area contributed by atoms with Gasteiger partial charge < -0.3 is 10.5 Å². The summed E-state index contributed by atoms with van der Waals surface area (Å²) in [6, 6.07) is 0.855. The van der Waals surface area contributed by atoms with Crippen LogP contribution >= 0.6 is 0 Å². The number of halogens is 1. The summed E-state index contributed by atoms with van der Waals surface area (Å²) in [5.74, 6) is -1.14. The van der Waals surface area contributed by atoms with Crippen LogP contribution in [0.25, 0.3) is 11.4 Å². The number of sulfone groups is 1. The standard InChI is InChI=1S/C10H10FN5O4S/c1-16-9(20-10(12)17)8(14-15-16)6-3-5(11)7(4-13-6)21(2,18)19/h3-4H,1-2H3,(H2,12,17). The molecular formula is C10H10FN5O4S. The van der Waals surface area contributed by atoms with Crippen LogP contribution in [-0.4, -0.2) is 40.7 Å². The number of rotatable bonds is 3. The van der Waals surface area contributed by atoms with E-state index in [2.05, 4.69) is 15.3 Å². The van der Waals surface area contributed by atoms with E-state index in [-0.39, 0.29) is 17.3 Å². The van der Waals surface area contributed by atoms with Gasteiger partial charge in [0.25, 0.3) is 5.88 Å². The van der Waals surface area contributed by atoms with Gasteiger partial charge in [-0.15, -0.1) is 5.10 Å². The molecule has 1 amide bonds. The summed E-state index contributed by atoms with van der Waals surface area (Å²) in [5.41, 5.74) is 4.81. The van der Waals surface area contributed by atoms with Crippen molar-refractivity contribution >= 4 is 15.9 Å². The number of nitrogens with zero attached hydrogens (tertiary/aromatic N) is 4. The van der Waals surface area contributed by atoms with Gasteiger partial charge in [0.05, 0.1) is 5.69 Å². The molecule has 2 rings (SSSR count). The fraction of sp³-hybridized carbons (Fsp3) is 0.200. The fourth-order valence-corrected chi connectivity index (χ4v) is 2.20. The number of hydrogen-bond acceptors (Lipinski definition) is 7. The number of amides is 1. The van der Waals surface area contributed by atoms with E-state index in [0.717, 1.165) is 23.2 Å². The van der Waals surface area contributed by atoms with Crippen molar-refractivity contribution in [2.45, 2.75) is 4.90 Å². The van der Waals surface area contributed by atoms with Crippen LogP contribution in [0.4, 0.5) is 9.18 Å². The van der Waals surface area contributed by atoms with Gasteiger partial charge in [0.15, 0.2) is 15.5 Å². The van der Waals surface area contributed by atoms with E-state index in [1.165, 1.54) is 7.05 Å². The van der Waals surface area contributed by atoms with Crippen LogP contribution in [0.3, 0.4) is 0 Å². The summed E-state index contributed by atoms with van der Waals surface area (Å²) in [4.78, 5) is 14.1. The zero-order chi connectivity index (χ0) is 15.8. The van der Waals surface area contributed by atoms with Crippen molar-refractivity contribution in [2.75, 3.05) is 6.26 Å². The summed E-state index contributed by atoms with van der Waals surface area (Å²) in [5, 5.41) is 7.27. The Bertz CT molecular complexity index is 817. The number of aryl methyl sites for hydroxylation is 1. The van der Waals surface area contributed by atoms with E-state index in [1.54, 1.807) is 0 Å². The Morgan fingerprint density at radius 2 is 2.14 bits per heavy atom. The second kappa shape index (κ2) is 5.09. The lowest BCUT2D eigenvalue weighted by Crippen LogP contribution is -2.18. The highest BCUT2D eigenvalue weighted by Crippen LogP contribution is 2.27. The van der Waals surface area contributed by atoms with Crippen molar-refractivity contribution in [2.24, 2.45) is 12.8 Å². The highest BCUT2D eigenvalue weighted by molar-refractivity contribution is 7.90. The monoisotopic (exact) mass is 315 g/mol. The Kier molecular flexibility index (Phi) is 3.60. The Morgan fingerprint density at radius 3 is 2.67 bits per heavy atom. The predicted octanol–water partition coefficient (Wildman–Crippen LogP) is -0.123. The van der Waals surface area contributed by atoms with Crippen molar-refractivity contribution in [1.29, 1.82) is 0 Å². The summed E-state index contributed by atoms with van der Waals surface area (Å²) >= 11 is 0. The molecule has 21 heavy (non-hydrogen) atoms. The molecule has 2 heterocycles. The molecule has 2 aromatic rings. The van der Waals surface area contributed by atoms with Gasteiger partial charge in [-0.2, -0.15) is 0 Å². The minimum absolute atomic E-state index is 0.0461. The van der Waals surface area contributed by atoms with Gasteiger partial charge in [-0.3, -0.25) is 4.98 Å². The average molecular weight is 315 g/mol. The molecule has 0 atom stereocenters. The van der Waals surface area contributed by atoms with E-state index in [1.807, 2.05) is 0 Å². The lowest BCUT2D eigenvalue weighted by atomic mass is 10.3. The van der Waals surface area contributed by atoms with Crippen LogP contribution in [0.5, 0.6) is 5.88 Å². The number of aromatic nitrogens is 4. The molecule has 0 aliphatic heterocycles. The van der Waals surface area contributed by atoms with Gasteiger partial charge in [-0.1, -0.05) is 5.21 Å². The van der Waals surface area contributed by atoms with Gasteiger partial charge in [0.2, 0.25) is 0 Å². The van der Waals surface area contributed by atoms with Crippen molar-refractivity contribution in [1.82, 2.24) is 20.0 Å². The molecule has 9 nitrogen and oxygen atoms in total. The summed E-state index contributed by atoms with van der Waals surface area (Å²) in [6.45, 7) is 0. The molecule has 2 aromatic heterocycles. The lowest BCUT2D eigenvalue weighted by Gasteiger charge is -2.04. The van der Waals surface area contributed by atoms with Crippen LogP contribution in [0.2, 0.25) is 0 Å². The maximum absolute atomic E-state index is 13.8. The second-order valence-electron chi connectivity index (χ2n) is 4.06. The van der Waals surface area contributed by atoms with Gasteiger partial charge >= 0.3 is 6.09 Å². The molecule has 0 saturated heterocycles. The zero-order valence-corrected chi connectivity index (χ0v) is 11.8. The van der Waals surface area contributed by atoms with E-state index in [9.17, 15) is 17.6 Å². The molecule has 0 unspecified atom stereocenters. The molecule has 0 aliphatic rings. The minimum atomic E-state index is -3.74. The van der Waals surface area contributed by atoms with Gasteiger partial charge in [-0.25, -0.2) is 22.3 Å². The molecule has 0 saturated carbocycles. The van der Waals surface area contributed by atoms with Crippen LogP contribution in [0, 0.1) is 5.82 Å². The first-order valence-electron chi connectivity index (χ1n) is 5.43. The smallest absolute Gasteiger partial charge is 0.389 e. The highest BCUT2D eigenvalue weighted by Gasteiger charge is 2.21. The first-order valence-corrected chi connectivity index (χ1v) is 7.32. The quantitative estimate of drug-likeness (QED) is 0.835. The van der Waals surface area contributed by atoms with Crippen molar-refractivity contribution in [3.05, 3.63) is 18.1 Å². The van der Waals surface area contributed by atoms with Crippen LogP contribution < -0.4 is 10.5 Å². The molecule has 0 aliphatic carbocycles. The fourth-order valence-electron chi connectivity index (χ4n) is 1.54. The van der Waals surface area contributed by atoms with Gasteiger partial charge in [0.1, 0.15) is 10.7 Å². The van der Waals surface area contributed by atoms with E-state index in [4.69, 9.17) is 10.5 Å². The Morgan fingerprint density at radius 1 is 1.48 bits per heavy atom. The number of nitrogens with two attached hydrogens (primary N) is 1. The number of ether oxygens (including phenoxy) is 1. The molecule has 112 valence electrons. The number of pyridine rings is 1. The largest absolute Gasteiger partial charge is 0.411 e. The van der Waals surface area contributed by atoms with Crippen LogP contribution in [0.1, 0.15) is 0 Å². The van der Waals surface area contributed by atoms with Gasteiger partial charge in [-0.05, 0) is 0 Å². The zero-order valence-electron chi connectivity index (χ0n) is 10.9. The van der Waals surface area contributed by atoms with Crippen molar-refractivity contribution in [3.63, 3.8) is 0 Å². The minimum Gasteiger partial charge on any atom is -0.389 e. The molecule has 0 aromatic carbocycles.